The number of amides is 1. The van der Waals surface area contributed by atoms with Gasteiger partial charge in [0.25, 0.3) is 0 Å². The Bertz CT molecular complexity index is 1140. The molecule has 1 unspecified atom stereocenters. The van der Waals surface area contributed by atoms with Gasteiger partial charge in [0.05, 0.1) is 16.7 Å². The van der Waals surface area contributed by atoms with E-state index in [0.717, 1.165) is 37.0 Å². The van der Waals surface area contributed by atoms with Gasteiger partial charge in [0.15, 0.2) is 0 Å². The summed E-state index contributed by atoms with van der Waals surface area (Å²) in [7, 11) is 0. The number of hydrogen-bond donors (Lipinski definition) is 3. The molecule has 1 aromatic heterocycles. The highest BCUT2D eigenvalue weighted by molar-refractivity contribution is 5.90. The van der Waals surface area contributed by atoms with Gasteiger partial charge in [-0.05, 0) is 44.0 Å². The summed E-state index contributed by atoms with van der Waals surface area (Å²) in [5, 5.41) is 13.7. The van der Waals surface area contributed by atoms with E-state index >= 15 is 0 Å². The number of nitrogens with zero attached hydrogens (tertiary/aromatic N) is 2. The summed E-state index contributed by atoms with van der Waals surface area (Å²) in [6.07, 6.45) is 1.67. The van der Waals surface area contributed by atoms with Crippen molar-refractivity contribution < 1.29 is 14.6 Å². The van der Waals surface area contributed by atoms with Crippen LogP contribution in [0.1, 0.15) is 32.7 Å². The summed E-state index contributed by atoms with van der Waals surface area (Å²) >= 11 is 0. The van der Waals surface area contributed by atoms with Crippen molar-refractivity contribution in [1.82, 2.24) is 14.5 Å². The van der Waals surface area contributed by atoms with E-state index in [4.69, 9.17) is 4.74 Å². The lowest BCUT2D eigenvalue weighted by Gasteiger charge is -2.36. The van der Waals surface area contributed by atoms with E-state index in [1.807, 2.05) is 41.0 Å². The van der Waals surface area contributed by atoms with Crippen molar-refractivity contribution in [3.8, 4) is 5.75 Å². The van der Waals surface area contributed by atoms with Crippen molar-refractivity contribution in [1.29, 1.82) is 0 Å². The summed E-state index contributed by atoms with van der Waals surface area (Å²) in [5.74, 6) is 0.352. The second kappa shape index (κ2) is 9.18. The highest BCUT2D eigenvalue weighted by atomic mass is 16.5. The molecule has 0 aliphatic carbocycles. The first-order valence-electron chi connectivity index (χ1n) is 11.0. The zero-order valence-corrected chi connectivity index (χ0v) is 18.5. The van der Waals surface area contributed by atoms with Crippen LogP contribution in [0.2, 0.25) is 0 Å². The number of anilines is 1. The summed E-state index contributed by atoms with van der Waals surface area (Å²) in [6.45, 7) is 5.34. The Labute approximate surface area is 186 Å². The minimum atomic E-state index is -1.06. The molecule has 8 heteroatoms. The van der Waals surface area contributed by atoms with Crippen LogP contribution in [0.15, 0.2) is 53.3 Å². The summed E-state index contributed by atoms with van der Waals surface area (Å²) in [6, 6.07) is 15.1. The number of nitrogens with one attached hydrogen (secondary N) is 2. The number of benzene rings is 2. The number of aromatic nitrogens is 2. The van der Waals surface area contributed by atoms with Gasteiger partial charge in [-0.1, -0.05) is 24.3 Å². The molecule has 2 aromatic carbocycles. The molecular formula is C24H30N4O4. The molecule has 170 valence electrons. The number of carbonyl (C=O) groups excluding carboxylic acids is 1. The Hall–Kier alpha value is -3.10. The fraction of sp³-hybridized carbons (Fsp3) is 0.417. The minimum absolute atomic E-state index is 0.0668. The van der Waals surface area contributed by atoms with Gasteiger partial charge in [0, 0.05) is 32.6 Å². The number of H-pyrrole nitrogens is 1. The number of aliphatic hydroxyl groups is 1. The molecule has 1 fully saturated rings. The van der Waals surface area contributed by atoms with Gasteiger partial charge in [-0.25, -0.2) is 4.79 Å². The number of carbonyl (C=O) groups is 1. The van der Waals surface area contributed by atoms with Crippen molar-refractivity contribution in [2.75, 3.05) is 31.6 Å². The van der Waals surface area contributed by atoms with Crippen molar-refractivity contribution in [2.24, 2.45) is 0 Å². The van der Waals surface area contributed by atoms with Gasteiger partial charge in [-0.3, -0.25) is 9.36 Å². The van der Waals surface area contributed by atoms with Crippen LogP contribution < -0.4 is 15.7 Å². The number of likely N-dealkylation sites (tertiary alicyclic amines) is 1. The quantitative estimate of drug-likeness (QED) is 0.527. The van der Waals surface area contributed by atoms with Crippen LogP contribution in [0, 0.1) is 0 Å². The maximum Gasteiger partial charge on any atom is 0.326 e. The number of piperidine rings is 1. The molecule has 1 aliphatic heterocycles. The van der Waals surface area contributed by atoms with Crippen molar-refractivity contribution in [3.63, 3.8) is 0 Å². The summed E-state index contributed by atoms with van der Waals surface area (Å²) in [5.41, 5.74) is 1.26. The average molecular weight is 439 g/mol. The van der Waals surface area contributed by atoms with Crippen LogP contribution >= 0.6 is 0 Å². The first-order chi connectivity index (χ1) is 15.3. The van der Waals surface area contributed by atoms with E-state index in [1.54, 1.807) is 19.1 Å². The number of fused-ring (bicyclic) bond motifs is 1. The normalized spacial score (nSPS) is 17.2. The van der Waals surface area contributed by atoms with Gasteiger partial charge in [0.2, 0.25) is 5.91 Å². The SMILES string of the molecule is CC(=O)Nc1ccccc1OCC(C)(O)CN1CCC(n2c(=O)[nH]c3ccccc32)CC1. The lowest BCUT2D eigenvalue weighted by molar-refractivity contribution is -0.114. The van der Waals surface area contributed by atoms with E-state index in [-0.39, 0.29) is 24.2 Å². The van der Waals surface area contributed by atoms with E-state index < -0.39 is 5.60 Å². The number of para-hydroxylation sites is 4. The fourth-order valence-corrected chi connectivity index (χ4v) is 4.42. The molecule has 1 saturated heterocycles. The molecule has 1 aliphatic rings. The third-order valence-electron chi connectivity index (χ3n) is 5.85. The molecule has 1 amide bonds. The van der Waals surface area contributed by atoms with Crippen molar-refractivity contribution in [3.05, 3.63) is 59.0 Å². The molecule has 1 atom stereocenters. The number of β-amino-alcohol motifs (C(OH)–C–C–N with tert-alkyl or cyclic N) is 1. The van der Waals surface area contributed by atoms with E-state index in [9.17, 15) is 14.7 Å². The van der Waals surface area contributed by atoms with E-state index in [2.05, 4.69) is 15.2 Å². The monoisotopic (exact) mass is 438 g/mol. The maximum absolute atomic E-state index is 12.5. The molecule has 0 spiro atoms. The number of hydrogen-bond acceptors (Lipinski definition) is 5. The van der Waals surface area contributed by atoms with Gasteiger partial charge in [-0.15, -0.1) is 0 Å². The number of ether oxygens (including phenoxy) is 1. The molecule has 0 radical (unpaired) electrons. The van der Waals surface area contributed by atoms with Gasteiger partial charge in [0.1, 0.15) is 18.0 Å². The van der Waals surface area contributed by atoms with E-state index in [0.29, 0.717) is 18.0 Å². The standard InChI is InChI=1S/C24H30N4O4/c1-17(29)25-20-8-4-6-10-22(20)32-16-24(2,31)15-27-13-11-18(12-14-27)28-21-9-5-3-7-19(21)26-23(28)30/h3-10,18,31H,11-16H2,1-2H3,(H,25,29)(H,26,30). The lowest BCUT2D eigenvalue weighted by atomic mass is 10.0. The Kier molecular flexibility index (Phi) is 6.34. The Morgan fingerprint density at radius 2 is 1.88 bits per heavy atom. The molecule has 32 heavy (non-hydrogen) atoms. The average Bonchev–Trinajstić information content (AvgIpc) is 3.09. The molecule has 0 saturated carbocycles. The second-order valence-electron chi connectivity index (χ2n) is 8.79. The third kappa shape index (κ3) is 5.03. The van der Waals surface area contributed by atoms with Gasteiger partial charge >= 0.3 is 5.69 Å². The number of imidazole rings is 1. The zero-order valence-electron chi connectivity index (χ0n) is 18.5. The van der Waals surface area contributed by atoms with Gasteiger partial charge in [-0.2, -0.15) is 0 Å². The van der Waals surface area contributed by atoms with Crippen LogP contribution in [0.4, 0.5) is 5.69 Å². The Morgan fingerprint density at radius 3 is 2.62 bits per heavy atom. The Balaban J connectivity index is 1.34. The molecular weight excluding hydrogens is 408 g/mol. The predicted octanol–water partition coefficient (Wildman–Crippen LogP) is 2.75. The minimum Gasteiger partial charge on any atom is -0.488 e. The molecule has 8 nitrogen and oxygen atoms in total. The van der Waals surface area contributed by atoms with Crippen molar-refractivity contribution >= 4 is 22.6 Å². The summed E-state index contributed by atoms with van der Waals surface area (Å²) in [4.78, 5) is 29.0. The topological polar surface area (TPSA) is 99.6 Å². The highest BCUT2D eigenvalue weighted by Gasteiger charge is 2.30. The van der Waals surface area contributed by atoms with Crippen LogP contribution in [-0.2, 0) is 4.79 Å². The molecule has 3 aromatic rings. The van der Waals surface area contributed by atoms with Crippen LogP contribution in [0.25, 0.3) is 11.0 Å². The van der Waals surface area contributed by atoms with E-state index in [1.165, 1.54) is 6.92 Å². The third-order valence-corrected chi connectivity index (χ3v) is 5.85. The van der Waals surface area contributed by atoms with Crippen LogP contribution in [0.3, 0.4) is 0 Å². The maximum atomic E-state index is 12.5. The number of aromatic amines is 1. The van der Waals surface area contributed by atoms with Gasteiger partial charge < -0.3 is 25.0 Å². The highest BCUT2D eigenvalue weighted by Crippen LogP contribution is 2.27. The molecule has 0 bridgehead atoms. The number of rotatable bonds is 7. The first-order valence-corrected chi connectivity index (χ1v) is 11.0. The molecule has 3 N–H and O–H groups in total. The largest absolute Gasteiger partial charge is 0.488 e. The predicted molar refractivity (Wildman–Crippen MR) is 124 cm³/mol. The second-order valence-corrected chi connectivity index (χ2v) is 8.79. The molecule has 4 rings (SSSR count). The molecule has 2 heterocycles. The Morgan fingerprint density at radius 1 is 1.19 bits per heavy atom. The smallest absolute Gasteiger partial charge is 0.326 e. The fourth-order valence-electron chi connectivity index (χ4n) is 4.42. The van der Waals surface area contributed by atoms with Crippen molar-refractivity contribution in [2.45, 2.75) is 38.3 Å². The lowest BCUT2D eigenvalue weighted by Crippen LogP contribution is -2.48. The summed E-state index contributed by atoms with van der Waals surface area (Å²) < 4.78 is 7.72. The van der Waals surface area contributed by atoms with Crippen LogP contribution in [-0.4, -0.2) is 57.3 Å². The first kappa shape index (κ1) is 22.1. The van der Waals surface area contributed by atoms with Crippen LogP contribution in [0.5, 0.6) is 5.75 Å². The zero-order chi connectivity index (χ0) is 22.7.